The molecule has 0 radical (unpaired) electrons. The summed E-state index contributed by atoms with van der Waals surface area (Å²) in [7, 11) is 0. The van der Waals surface area contributed by atoms with E-state index in [9.17, 15) is 5.26 Å². The molecule has 0 fully saturated rings. The molecule has 0 atom stereocenters. The largest absolute Gasteiger partial charge is 0.313 e. The summed E-state index contributed by atoms with van der Waals surface area (Å²) in [4.78, 5) is 5.19. The van der Waals surface area contributed by atoms with Crippen LogP contribution in [-0.4, -0.2) is 20.4 Å². The van der Waals surface area contributed by atoms with Gasteiger partial charge in [-0.1, -0.05) is 247 Å². The van der Waals surface area contributed by atoms with Crippen molar-refractivity contribution >= 4 is 118 Å². The molecule has 6 nitrogen and oxygen atoms in total. The Kier molecular flexibility index (Phi) is 15.1. The molecule has 108 heavy (non-hydrogen) atoms. The lowest BCUT2D eigenvalue weighted by atomic mass is 9.33. The third-order valence-electron chi connectivity index (χ3n) is 23.5. The van der Waals surface area contributed by atoms with Gasteiger partial charge in [-0.15, -0.1) is 0 Å². The van der Waals surface area contributed by atoms with Crippen molar-refractivity contribution in [2.75, 3.05) is 9.80 Å². The van der Waals surface area contributed by atoms with Crippen LogP contribution >= 0.6 is 0 Å². The molecule has 0 spiro atoms. The highest BCUT2D eigenvalue weighted by Gasteiger charge is 2.45. The van der Waals surface area contributed by atoms with Crippen LogP contribution in [0, 0.1) is 11.3 Å². The van der Waals surface area contributed by atoms with Gasteiger partial charge in [0.05, 0.1) is 50.6 Å². The summed E-state index contributed by atoms with van der Waals surface area (Å²) in [6.45, 7) is 27.6. The lowest BCUT2D eigenvalue weighted by molar-refractivity contribution is 0.590. The van der Waals surface area contributed by atoms with Crippen molar-refractivity contribution < 1.29 is 0 Å². The fraction of sp³-hybridized carbons (Fsp3) is 0.178. The molecular weight excluding hydrogens is 1310 g/mol. The van der Waals surface area contributed by atoms with E-state index in [4.69, 9.17) is 0 Å². The van der Waals surface area contributed by atoms with Crippen molar-refractivity contribution in [3.05, 3.63) is 318 Å². The van der Waals surface area contributed by atoms with Crippen molar-refractivity contribution in [2.45, 2.75) is 118 Å². The van der Waals surface area contributed by atoms with E-state index < -0.39 is 0 Å². The Morgan fingerprint density at radius 1 is 0.324 bits per heavy atom. The number of benzene rings is 13. The number of allylic oxidation sites excluding steroid dienone is 1. The first-order valence-electron chi connectivity index (χ1n) is 38.5. The lowest BCUT2D eigenvalue weighted by Gasteiger charge is -2.45. The molecule has 0 saturated carbocycles. The molecule has 7 heteroatoms. The predicted octanol–water partition coefficient (Wildman–Crippen LogP) is 24.9. The molecule has 5 heterocycles. The lowest BCUT2D eigenvalue weighted by Crippen LogP contribution is -2.61. The third kappa shape index (κ3) is 10.6. The molecule has 0 saturated heterocycles. The first-order chi connectivity index (χ1) is 52.1. The van der Waals surface area contributed by atoms with Crippen LogP contribution in [0.5, 0.6) is 0 Å². The Labute approximate surface area is 634 Å². The highest BCUT2D eigenvalue weighted by Crippen LogP contribution is 2.52. The molecule has 524 valence electrons. The van der Waals surface area contributed by atoms with E-state index in [-0.39, 0.29) is 28.4 Å². The highest BCUT2D eigenvalue weighted by atomic mass is 15.2. The molecule has 19 rings (SSSR count). The Balaban J connectivity index is 0.954. The molecule has 0 bridgehead atoms. The first kappa shape index (κ1) is 66.6. The van der Waals surface area contributed by atoms with Gasteiger partial charge in [0.15, 0.2) is 0 Å². The van der Waals surface area contributed by atoms with E-state index in [1.54, 1.807) is 0 Å². The van der Waals surface area contributed by atoms with E-state index in [1.807, 2.05) is 0 Å². The fourth-order valence-electron chi connectivity index (χ4n) is 17.9. The van der Waals surface area contributed by atoms with E-state index in [0.717, 1.165) is 125 Å². The van der Waals surface area contributed by atoms with Crippen molar-refractivity contribution in [1.82, 2.24) is 13.7 Å². The van der Waals surface area contributed by atoms with Gasteiger partial charge in [0.2, 0.25) is 0 Å². The van der Waals surface area contributed by atoms with E-state index >= 15 is 0 Å². The van der Waals surface area contributed by atoms with Crippen molar-refractivity contribution in [3.63, 3.8) is 0 Å². The second-order valence-electron chi connectivity index (χ2n) is 34.4. The van der Waals surface area contributed by atoms with Crippen molar-refractivity contribution in [2.24, 2.45) is 0 Å². The maximum atomic E-state index is 11.8. The molecule has 1 aliphatic carbocycles. The zero-order valence-electron chi connectivity index (χ0n) is 63.8. The molecule has 16 aromatic rings. The standard InChI is InChI=1S/C101H87BN6/c1-98(2,3)67-40-49-89-79(55-67)80-56-68(99(4,5)6)41-50-90(80)105(89)72-45-47-83-93(60-72)107(85-35-23-19-31-74(85)63-27-15-13-16-28-63)95-53-66(78-59-71(44-39-65(78)62-103)104-87-37-25-21-33-76(87)77-34-22-26-38-88(77)104)54-96-97(95)102(83)84-48-46-73(61-94(84)108(96)86-36-24-20-32-75(86)64-29-17-14-18-30-64)106-91-51-42-69(100(7,8)9)57-81(91)82-58-70(101(10,11)12)43-52-92(82)106/h13-25,27-37,39-61H,26,38H2,1-12H3. The molecule has 3 aromatic heterocycles. The summed E-state index contributed by atoms with van der Waals surface area (Å²) in [5.74, 6) is 0. The van der Waals surface area contributed by atoms with Gasteiger partial charge in [0.1, 0.15) is 0 Å². The first-order valence-corrected chi connectivity index (χ1v) is 38.5. The molecule has 0 N–H and O–H groups in total. The maximum Gasteiger partial charge on any atom is 0.252 e. The van der Waals surface area contributed by atoms with Gasteiger partial charge in [-0.2, -0.15) is 5.26 Å². The maximum absolute atomic E-state index is 11.8. The Morgan fingerprint density at radius 3 is 1.17 bits per heavy atom. The number of hydrogen-bond acceptors (Lipinski definition) is 3. The van der Waals surface area contributed by atoms with Gasteiger partial charge in [-0.3, -0.25) is 0 Å². The van der Waals surface area contributed by atoms with Crippen LogP contribution in [0.3, 0.4) is 0 Å². The molecule has 3 aliphatic rings. The predicted molar refractivity (Wildman–Crippen MR) is 459 cm³/mol. The van der Waals surface area contributed by atoms with Gasteiger partial charge in [0, 0.05) is 94.7 Å². The van der Waals surface area contributed by atoms with Gasteiger partial charge in [0.25, 0.3) is 6.71 Å². The zero-order chi connectivity index (χ0) is 74.0. The molecule has 0 amide bonds. The van der Waals surface area contributed by atoms with Gasteiger partial charge >= 0.3 is 0 Å². The van der Waals surface area contributed by atoms with E-state index in [1.165, 1.54) is 76.8 Å². The van der Waals surface area contributed by atoms with Crippen LogP contribution in [0.4, 0.5) is 34.1 Å². The number of rotatable bonds is 8. The van der Waals surface area contributed by atoms with Crippen LogP contribution in [0.25, 0.3) is 111 Å². The number of fused-ring (bicyclic) bond motifs is 13. The van der Waals surface area contributed by atoms with Crippen molar-refractivity contribution in [1.29, 1.82) is 5.26 Å². The van der Waals surface area contributed by atoms with Gasteiger partial charge in [-0.05, 0) is 211 Å². The number of hydrogen-bond donors (Lipinski definition) is 0. The van der Waals surface area contributed by atoms with Crippen LogP contribution in [0.2, 0.25) is 0 Å². The normalized spacial score (nSPS) is 13.6. The summed E-state index contributed by atoms with van der Waals surface area (Å²) in [6.07, 6.45) is 6.48. The van der Waals surface area contributed by atoms with Gasteiger partial charge < -0.3 is 23.5 Å². The number of nitriles is 1. The molecule has 13 aromatic carbocycles. The van der Waals surface area contributed by atoms with E-state index in [0.29, 0.717) is 5.56 Å². The minimum atomic E-state index is -0.284. The number of para-hydroxylation sites is 3. The Hall–Kier alpha value is -12.1. The van der Waals surface area contributed by atoms with Crippen LogP contribution in [0.1, 0.15) is 129 Å². The quantitative estimate of drug-likeness (QED) is 0.142. The second kappa shape index (κ2) is 24.5. The average Bonchev–Trinajstić information content (AvgIpc) is 0.811. The summed E-state index contributed by atoms with van der Waals surface area (Å²) in [5, 5.41) is 18.0. The summed E-state index contributed by atoms with van der Waals surface area (Å²) in [5.41, 5.74) is 33.2. The fourth-order valence-corrected chi connectivity index (χ4v) is 17.9. The smallest absolute Gasteiger partial charge is 0.252 e. The SMILES string of the molecule is CC(C)(C)c1ccc2c(c1)c1cc(C(C)(C)C)ccc1n2-c1ccc2c(c1)N(c1ccccc1-c1ccccc1)c1cc(-c3cc(-n4c5c(c6ccccc64)C=CCC5)ccc3C#N)cc3c1B2c1ccc(-n2c4ccc(C(C)(C)C)cc4c4cc(C(C)(C)C)ccc42)cc1N3c1ccccc1-c1ccccc1. The van der Waals surface area contributed by atoms with Crippen LogP contribution in [-0.2, 0) is 28.1 Å². The van der Waals surface area contributed by atoms with Crippen molar-refractivity contribution in [3.8, 4) is 56.5 Å². The Morgan fingerprint density at radius 2 is 0.722 bits per heavy atom. The van der Waals surface area contributed by atoms with Crippen LogP contribution in [0.15, 0.2) is 279 Å². The zero-order valence-corrected chi connectivity index (χ0v) is 63.8. The van der Waals surface area contributed by atoms with Gasteiger partial charge in [-0.25, -0.2) is 0 Å². The molecular formula is C101H87BN6. The minimum absolute atomic E-state index is 0.0666. The molecule has 2 aliphatic heterocycles. The topological polar surface area (TPSA) is 45.1 Å². The summed E-state index contributed by atoms with van der Waals surface area (Å²) >= 11 is 0. The third-order valence-corrected chi connectivity index (χ3v) is 23.5. The summed E-state index contributed by atoms with van der Waals surface area (Å²) < 4.78 is 7.51. The van der Waals surface area contributed by atoms with Crippen LogP contribution < -0.4 is 26.2 Å². The Bertz CT molecular complexity index is 6050. The average molecular weight is 1400 g/mol. The molecule has 0 unspecified atom stereocenters. The highest BCUT2D eigenvalue weighted by molar-refractivity contribution is 7.00. The second-order valence-corrected chi connectivity index (χ2v) is 34.4. The number of aromatic nitrogens is 3. The monoisotopic (exact) mass is 1390 g/mol. The minimum Gasteiger partial charge on any atom is -0.313 e. The number of anilines is 6. The van der Waals surface area contributed by atoms with E-state index in [2.05, 4.69) is 398 Å². The summed E-state index contributed by atoms with van der Waals surface area (Å²) in [6, 6.07) is 106. The number of nitrogens with zero attached hydrogens (tertiary/aromatic N) is 6.